The molecule has 0 aliphatic heterocycles. The molecule has 0 bridgehead atoms. The smallest absolute Gasteiger partial charge is 0.0830 e. The molecule has 12 heavy (non-hydrogen) atoms. The van der Waals surface area contributed by atoms with E-state index >= 15 is 0 Å². The number of allylic oxidation sites excluding steroid dienone is 1. The third kappa shape index (κ3) is 2.62. The lowest BCUT2D eigenvalue weighted by Crippen LogP contribution is -1.81. The van der Waals surface area contributed by atoms with Crippen LogP contribution in [0.5, 0.6) is 0 Å². The van der Waals surface area contributed by atoms with Gasteiger partial charge in [-0.15, -0.1) is 0 Å². The highest BCUT2D eigenvalue weighted by Gasteiger charge is 1.87. The Morgan fingerprint density at radius 2 is 2.33 bits per heavy atom. The topological polar surface area (TPSA) is 38.1 Å². The van der Waals surface area contributed by atoms with Gasteiger partial charge in [-0.05, 0) is 19.9 Å². The van der Waals surface area contributed by atoms with Gasteiger partial charge in [0, 0.05) is 24.3 Å². The fourth-order valence-electron chi connectivity index (χ4n) is 0.840. The van der Waals surface area contributed by atoms with Crippen molar-refractivity contribution < 1.29 is 0 Å². The van der Waals surface area contributed by atoms with Crippen molar-refractivity contribution in [3.63, 3.8) is 0 Å². The van der Waals surface area contributed by atoms with E-state index in [1.54, 1.807) is 24.8 Å². The molecule has 1 rings (SSSR count). The van der Waals surface area contributed by atoms with Gasteiger partial charge in [-0.3, -0.25) is 15.0 Å². The van der Waals surface area contributed by atoms with Crippen LogP contribution >= 0.6 is 0 Å². The van der Waals surface area contributed by atoms with Gasteiger partial charge < -0.3 is 0 Å². The van der Waals surface area contributed by atoms with Gasteiger partial charge in [-0.25, -0.2) is 0 Å². The van der Waals surface area contributed by atoms with Crippen LogP contribution in [0.1, 0.15) is 19.5 Å². The highest BCUT2D eigenvalue weighted by atomic mass is 14.8. The summed E-state index contributed by atoms with van der Waals surface area (Å²) in [6.07, 6.45) is 8.65. The fraction of sp³-hybridized carbons (Fsp3) is 0.222. The van der Waals surface area contributed by atoms with Gasteiger partial charge in [0.05, 0.1) is 11.9 Å². The van der Waals surface area contributed by atoms with Crippen LogP contribution in [0.25, 0.3) is 6.08 Å². The first-order valence-electron chi connectivity index (χ1n) is 3.76. The molecule has 0 aliphatic rings. The highest BCUT2D eigenvalue weighted by molar-refractivity contribution is 5.58. The van der Waals surface area contributed by atoms with E-state index in [0.717, 1.165) is 11.4 Å². The zero-order chi connectivity index (χ0) is 8.81. The maximum Gasteiger partial charge on any atom is 0.0830 e. The molecule has 1 aromatic rings. The van der Waals surface area contributed by atoms with Gasteiger partial charge in [0.25, 0.3) is 0 Å². The average Bonchev–Trinajstić information content (AvgIpc) is 2.06. The Morgan fingerprint density at radius 1 is 1.50 bits per heavy atom. The fourth-order valence-corrected chi connectivity index (χ4v) is 0.840. The average molecular weight is 161 g/mol. The zero-order valence-electron chi connectivity index (χ0n) is 7.23. The van der Waals surface area contributed by atoms with E-state index in [4.69, 9.17) is 0 Å². The van der Waals surface area contributed by atoms with Crippen LogP contribution in [-0.2, 0) is 0 Å². The molecule has 0 aromatic carbocycles. The first-order valence-corrected chi connectivity index (χ1v) is 3.76. The second-order valence-electron chi connectivity index (χ2n) is 2.30. The van der Waals surface area contributed by atoms with Crippen LogP contribution in [0.4, 0.5) is 0 Å². The van der Waals surface area contributed by atoms with Gasteiger partial charge >= 0.3 is 0 Å². The molecule has 1 heterocycles. The Labute approximate surface area is 71.9 Å². The van der Waals surface area contributed by atoms with Crippen LogP contribution in [-0.4, -0.2) is 16.2 Å². The van der Waals surface area contributed by atoms with Gasteiger partial charge in [-0.1, -0.05) is 0 Å². The third-order valence-electron chi connectivity index (χ3n) is 1.27. The Kier molecular flexibility index (Phi) is 3.14. The highest BCUT2D eigenvalue weighted by Crippen LogP contribution is 2.01. The van der Waals surface area contributed by atoms with Crippen molar-refractivity contribution in [1.82, 2.24) is 9.97 Å². The van der Waals surface area contributed by atoms with Gasteiger partial charge in [0.15, 0.2) is 0 Å². The monoisotopic (exact) mass is 161 g/mol. The van der Waals surface area contributed by atoms with E-state index in [1.807, 2.05) is 19.9 Å². The van der Waals surface area contributed by atoms with Gasteiger partial charge in [-0.2, -0.15) is 0 Å². The van der Waals surface area contributed by atoms with Crippen LogP contribution in [0.3, 0.4) is 0 Å². The molecule has 0 amide bonds. The maximum absolute atomic E-state index is 4.09. The summed E-state index contributed by atoms with van der Waals surface area (Å²) in [6.45, 7) is 3.81. The van der Waals surface area contributed by atoms with Crippen molar-refractivity contribution in [2.24, 2.45) is 4.99 Å². The summed E-state index contributed by atoms with van der Waals surface area (Å²) in [6, 6.07) is 0. The van der Waals surface area contributed by atoms with E-state index < -0.39 is 0 Å². The molecular formula is C9H11N3. The van der Waals surface area contributed by atoms with Crippen molar-refractivity contribution in [2.45, 2.75) is 13.8 Å². The molecule has 0 spiro atoms. The van der Waals surface area contributed by atoms with E-state index in [2.05, 4.69) is 15.0 Å². The first-order chi connectivity index (χ1) is 5.83. The van der Waals surface area contributed by atoms with Crippen molar-refractivity contribution >= 4 is 12.3 Å². The first kappa shape index (κ1) is 8.59. The Morgan fingerprint density at radius 3 is 2.92 bits per heavy atom. The molecule has 0 saturated carbocycles. The lowest BCUT2D eigenvalue weighted by Gasteiger charge is -1.91. The normalized spacial score (nSPS) is 12.3. The summed E-state index contributed by atoms with van der Waals surface area (Å²) < 4.78 is 0. The lowest BCUT2D eigenvalue weighted by atomic mass is 10.3. The molecule has 3 nitrogen and oxygen atoms in total. The SMILES string of the molecule is C/C=N/C(C)=C\c1cnccn1. The number of aliphatic imine (C=N–C) groups is 1. The number of hydrogen-bond acceptors (Lipinski definition) is 3. The van der Waals surface area contributed by atoms with E-state index in [1.165, 1.54) is 0 Å². The molecule has 62 valence electrons. The summed E-state index contributed by atoms with van der Waals surface area (Å²) in [5, 5.41) is 0. The molecule has 0 aliphatic carbocycles. The standard InChI is InChI=1S/C9H11N3/c1-3-11-8(2)6-9-7-10-4-5-12-9/h3-7H,1-2H3/b8-6-,11-3+. The second kappa shape index (κ2) is 4.38. The predicted octanol–water partition coefficient (Wildman–Crippen LogP) is 1.93. The van der Waals surface area contributed by atoms with Crippen LogP contribution in [0.15, 0.2) is 29.3 Å². The second-order valence-corrected chi connectivity index (χ2v) is 2.30. The molecule has 0 radical (unpaired) electrons. The predicted molar refractivity (Wildman–Crippen MR) is 49.8 cm³/mol. The van der Waals surface area contributed by atoms with Crippen molar-refractivity contribution in [3.05, 3.63) is 30.0 Å². The zero-order valence-corrected chi connectivity index (χ0v) is 7.23. The molecule has 0 unspecified atom stereocenters. The summed E-state index contributed by atoms with van der Waals surface area (Å²) in [4.78, 5) is 12.1. The molecule has 3 heteroatoms. The summed E-state index contributed by atoms with van der Waals surface area (Å²) in [7, 11) is 0. The Balaban J connectivity index is 2.81. The van der Waals surface area contributed by atoms with Gasteiger partial charge in [0.2, 0.25) is 0 Å². The van der Waals surface area contributed by atoms with Crippen LogP contribution in [0.2, 0.25) is 0 Å². The molecule has 0 atom stereocenters. The quantitative estimate of drug-likeness (QED) is 0.621. The van der Waals surface area contributed by atoms with Crippen molar-refractivity contribution in [1.29, 1.82) is 0 Å². The number of aromatic nitrogens is 2. The summed E-state index contributed by atoms with van der Waals surface area (Å²) in [5.74, 6) is 0. The molecule has 0 N–H and O–H groups in total. The van der Waals surface area contributed by atoms with Crippen LogP contribution < -0.4 is 0 Å². The minimum absolute atomic E-state index is 0.834. The van der Waals surface area contributed by atoms with Gasteiger partial charge in [0.1, 0.15) is 0 Å². The Hall–Kier alpha value is -1.51. The van der Waals surface area contributed by atoms with E-state index in [-0.39, 0.29) is 0 Å². The Bertz CT molecular complexity index is 288. The minimum atomic E-state index is 0.834. The summed E-state index contributed by atoms with van der Waals surface area (Å²) >= 11 is 0. The lowest BCUT2D eigenvalue weighted by molar-refractivity contribution is 1.17. The maximum atomic E-state index is 4.09. The van der Waals surface area contributed by atoms with E-state index in [9.17, 15) is 0 Å². The number of hydrogen-bond donors (Lipinski definition) is 0. The molecule has 1 aromatic heterocycles. The van der Waals surface area contributed by atoms with Crippen LogP contribution in [0, 0.1) is 0 Å². The molecular weight excluding hydrogens is 150 g/mol. The third-order valence-corrected chi connectivity index (χ3v) is 1.27. The number of rotatable bonds is 2. The minimum Gasteiger partial charge on any atom is -0.266 e. The van der Waals surface area contributed by atoms with Crippen molar-refractivity contribution in [3.8, 4) is 0 Å². The molecule has 0 fully saturated rings. The molecule has 0 saturated heterocycles. The summed E-state index contributed by atoms with van der Waals surface area (Å²) in [5.41, 5.74) is 1.76. The number of nitrogens with zero attached hydrogens (tertiary/aromatic N) is 3. The largest absolute Gasteiger partial charge is 0.266 e. The van der Waals surface area contributed by atoms with Crippen molar-refractivity contribution in [2.75, 3.05) is 0 Å². The van der Waals surface area contributed by atoms with E-state index in [0.29, 0.717) is 0 Å².